The zero-order valence-corrected chi connectivity index (χ0v) is 36.2. The van der Waals surface area contributed by atoms with Crippen LogP contribution in [-0.4, -0.2) is 4.57 Å². The molecule has 8 rings (SSSR count). The number of aromatic nitrogens is 1. The first-order valence-electron chi connectivity index (χ1n) is 20.8. The van der Waals surface area contributed by atoms with Gasteiger partial charge in [0.25, 0.3) is 0 Å². The topological polar surface area (TPSA) is 26.6 Å². The summed E-state index contributed by atoms with van der Waals surface area (Å²) in [7, 11) is 0. The second-order valence-electron chi connectivity index (χ2n) is 18.8. The molecular weight excluding hydrogens is 721 g/mol. The maximum absolute atomic E-state index is 7.02. The Morgan fingerprint density at radius 1 is 0.407 bits per heavy atom. The molecule has 0 N–H and O–H groups in total. The van der Waals surface area contributed by atoms with Crippen LogP contribution in [0.5, 0.6) is 23.0 Å². The lowest BCUT2D eigenvalue weighted by atomic mass is 9.86. The van der Waals surface area contributed by atoms with E-state index in [2.05, 4.69) is 236 Å². The van der Waals surface area contributed by atoms with Crippen LogP contribution in [0.15, 0.2) is 158 Å². The predicted molar refractivity (Wildman–Crippen MR) is 249 cm³/mol. The van der Waals surface area contributed by atoms with E-state index in [-0.39, 0.29) is 16.2 Å². The lowest BCUT2D eigenvalue weighted by Gasteiger charge is -2.29. The number of ether oxygens (including phenoxy) is 2. The summed E-state index contributed by atoms with van der Waals surface area (Å²) in [6, 6.07) is 56.2. The first-order chi connectivity index (χ1) is 28.0. The van der Waals surface area contributed by atoms with Gasteiger partial charge in [0.1, 0.15) is 23.0 Å². The van der Waals surface area contributed by atoms with Gasteiger partial charge in [0.15, 0.2) is 0 Å². The molecule has 0 aliphatic rings. The molecular formula is C55H56N2O2. The summed E-state index contributed by atoms with van der Waals surface area (Å²) >= 11 is 0. The molecule has 0 unspecified atom stereocenters. The molecule has 0 bridgehead atoms. The van der Waals surface area contributed by atoms with E-state index in [0.29, 0.717) is 5.75 Å². The number of hydrogen-bond acceptors (Lipinski definition) is 3. The minimum atomic E-state index is 0.0272. The van der Waals surface area contributed by atoms with Crippen molar-refractivity contribution in [1.82, 2.24) is 4.57 Å². The van der Waals surface area contributed by atoms with Crippen molar-refractivity contribution in [2.75, 3.05) is 4.90 Å². The summed E-state index contributed by atoms with van der Waals surface area (Å²) in [5.41, 5.74) is 11.2. The monoisotopic (exact) mass is 776 g/mol. The highest BCUT2D eigenvalue weighted by Gasteiger charge is 2.23. The third kappa shape index (κ3) is 8.10. The van der Waals surface area contributed by atoms with E-state index in [0.717, 1.165) is 56.6 Å². The zero-order valence-electron chi connectivity index (χ0n) is 36.2. The maximum Gasteiger partial charge on any atom is 0.136 e. The highest BCUT2D eigenvalue weighted by atomic mass is 16.5. The van der Waals surface area contributed by atoms with Gasteiger partial charge in [-0.1, -0.05) is 135 Å². The van der Waals surface area contributed by atoms with Gasteiger partial charge in [-0.05, 0) is 107 Å². The van der Waals surface area contributed by atoms with Crippen molar-refractivity contribution in [3.05, 3.63) is 180 Å². The summed E-state index contributed by atoms with van der Waals surface area (Å²) in [5, 5.41) is 2.38. The van der Waals surface area contributed by atoms with E-state index in [1.54, 1.807) is 0 Å². The van der Waals surface area contributed by atoms with Crippen molar-refractivity contribution in [2.45, 2.75) is 85.5 Å². The van der Waals surface area contributed by atoms with Gasteiger partial charge in [-0.15, -0.1) is 0 Å². The fourth-order valence-corrected chi connectivity index (χ4v) is 7.80. The van der Waals surface area contributed by atoms with E-state index in [4.69, 9.17) is 9.47 Å². The Hall–Kier alpha value is -6.26. The summed E-state index contributed by atoms with van der Waals surface area (Å²) in [6.07, 6.45) is 0. The van der Waals surface area contributed by atoms with Gasteiger partial charge in [-0.2, -0.15) is 0 Å². The second kappa shape index (κ2) is 15.2. The van der Waals surface area contributed by atoms with Crippen LogP contribution in [0.2, 0.25) is 0 Å². The van der Waals surface area contributed by atoms with Crippen molar-refractivity contribution in [3.8, 4) is 28.7 Å². The molecule has 4 nitrogen and oxygen atoms in total. The number of para-hydroxylation sites is 2. The van der Waals surface area contributed by atoms with Crippen LogP contribution in [0, 0.1) is 6.92 Å². The van der Waals surface area contributed by atoms with E-state index in [1.165, 1.54) is 27.5 Å². The molecule has 0 fully saturated rings. The molecule has 1 aromatic heterocycles. The van der Waals surface area contributed by atoms with Crippen molar-refractivity contribution >= 4 is 38.9 Å². The van der Waals surface area contributed by atoms with Crippen LogP contribution in [0.25, 0.3) is 27.5 Å². The first kappa shape index (κ1) is 39.6. The molecule has 59 heavy (non-hydrogen) atoms. The number of nitrogens with zero attached hydrogens (tertiary/aromatic N) is 2. The SMILES string of the molecule is Cc1c(Oc2ccc(C(C)(C)C)cc2)cc(N(c2ccc(C(C)(C)C)cc2)c2ccc(C(C)(C)C)cc2)cc1Oc1ccc2c3ccccc3n(-c3ccccc3)c2c1. The molecule has 1 heterocycles. The fraction of sp³-hybridized carbons (Fsp3) is 0.236. The Balaban J connectivity index is 1.29. The van der Waals surface area contributed by atoms with Crippen LogP contribution >= 0.6 is 0 Å². The second-order valence-corrected chi connectivity index (χ2v) is 18.8. The van der Waals surface area contributed by atoms with Gasteiger partial charge >= 0.3 is 0 Å². The van der Waals surface area contributed by atoms with Gasteiger partial charge in [-0.25, -0.2) is 0 Å². The minimum Gasteiger partial charge on any atom is -0.457 e. The maximum atomic E-state index is 7.02. The van der Waals surface area contributed by atoms with Crippen LogP contribution in [0.3, 0.4) is 0 Å². The Bertz CT molecular complexity index is 2680. The number of hydrogen-bond donors (Lipinski definition) is 0. The predicted octanol–water partition coefficient (Wildman–Crippen LogP) is 16.0. The van der Waals surface area contributed by atoms with Gasteiger partial charge in [0.05, 0.1) is 16.7 Å². The van der Waals surface area contributed by atoms with Crippen molar-refractivity contribution < 1.29 is 9.47 Å². The molecule has 0 saturated heterocycles. The molecule has 8 aromatic rings. The molecule has 0 spiro atoms. The molecule has 0 aliphatic heterocycles. The van der Waals surface area contributed by atoms with Crippen molar-refractivity contribution in [2.24, 2.45) is 0 Å². The normalized spacial score (nSPS) is 12.2. The van der Waals surface area contributed by atoms with Gasteiger partial charge in [0, 0.05) is 51.6 Å². The zero-order chi connectivity index (χ0) is 41.7. The average molecular weight is 777 g/mol. The highest BCUT2D eigenvalue weighted by Crippen LogP contribution is 2.45. The molecule has 0 amide bonds. The summed E-state index contributed by atoms with van der Waals surface area (Å²) < 4.78 is 16.2. The fourth-order valence-electron chi connectivity index (χ4n) is 7.80. The van der Waals surface area contributed by atoms with Gasteiger partial charge in [0.2, 0.25) is 0 Å². The van der Waals surface area contributed by atoms with Crippen LogP contribution in [-0.2, 0) is 16.2 Å². The third-order valence-electron chi connectivity index (χ3n) is 11.4. The van der Waals surface area contributed by atoms with E-state index in [1.807, 2.05) is 0 Å². The smallest absolute Gasteiger partial charge is 0.136 e. The summed E-state index contributed by atoms with van der Waals surface area (Å²) in [5.74, 6) is 2.96. The molecule has 0 radical (unpaired) electrons. The molecule has 0 aliphatic carbocycles. The van der Waals surface area contributed by atoms with E-state index >= 15 is 0 Å². The van der Waals surface area contributed by atoms with E-state index < -0.39 is 0 Å². The van der Waals surface area contributed by atoms with Crippen LogP contribution in [0.1, 0.15) is 84.6 Å². The molecule has 0 saturated carbocycles. The van der Waals surface area contributed by atoms with Gasteiger partial charge < -0.3 is 18.9 Å². The average Bonchev–Trinajstić information content (AvgIpc) is 3.53. The lowest BCUT2D eigenvalue weighted by molar-refractivity contribution is 0.454. The largest absolute Gasteiger partial charge is 0.457 e. The Kier molecular flexibility index (Phi) is 10.2. The Labute approximate surface area is 350 Å². The number of benzene rings is 7. The number of fused-ring (bicyclic) bond motifs is 3. The van der Waals surface area contributed by atoms with Crippen LogP contribution in [0.4, 0.5) is 17.1 Å². The molecule has 4 heteroatoms. The molecule has 7 aromatic carbocycles. The third-order valence-corrected chi connectivity index (χ3v) is 11.4. The lowest BCUT2D eigenvalue weighted by Crippen LogP contribution is -2.14. The summed E-state index contributed by atoms with van der Waals surface area (Å²) in [4.78, 5) is 2.30. The van der Waals surface area contributed by atoms with E-state index in [9.17, 15) is 0 Å². The molecule has 0 atom stereocenters. The molecule has 298 valence electrons. The van der Waals surface area contributed by atoms with Crippen molar-refractivity contribution in [3.63, 3.8) is 0 Å². The van der Waals surface area contributed by atoms with Gasteiger partial charge in [-0.3, -0.25) is 0 Å². The number of rotatable bonds is 8. The van der Waals surface area contributed by atoms with Crippen molar-refractivity contribution in [1.29, 1.82) is 0 Å². The first-order valence-corrected chi connectivity index (χ1v) is 20.8. The van der Waals surface area contributed by atoms with Crippen LogP contribution < -0.4 is 14.4 Å². The number of anilines is 3. The summed E-state index contributed by atoms with van der Waals surface area (Å²) in [6.45, 7) is 22.3. The highest BCUT2D eigenvalue weighted by molar-refractivity contribution is 6.09. The Morgan fingerprint density at radius 3 is 1.37 bits per heavy atom. The standard InChI is InChI=1S/C55H56N2O2/c1-37-51(58-45-30-24-40(25-31-45)55(8,9)10)34-44(56(42-26-20-38(21-27-42)53(2,3)4)43-28-22-39(23-29-43)54(5,6)7)35-52(37)59-46-32-33-48-47-18-14-15-19-49(47)57(50(48)36-46)41-16-12-11-13-17-41/h11-36H,1-10H3. The minimum absolute atomic E-state index is 0.0272. The Morgan fingerprint density at radius 2 is 0.847 bits per heavy atom. The quantitative estimate of drug-likeness (QED) is 0.154.